The van der Waals surface area contributed by atoms with Crippen molar-refractivity contribution in [3.63, 3.8) is 0 Å². The number of pyridine rings is 6. The van der Waals surface area contributed by atoms with E-state index in [1.807, 2.05) is 103 Å². The molecule has 0 aliphatic heterocycles. The molecule has 0 spiro atoms. The van der Waals surface area contributed by atoms with Crippen molar-refractivity contribution in [3.8, 4) is 33.4 Å². The van der Waals surface area contributed by atoms with Gasteiger partial charge in [0, 0.05) is 137 Å². The van der Waals surface area contributed by atoms with E-state index in [1.165, 1.54) is 12.1 Å². The summed E-state index contributed by atoms with van der Waals surface area (Å²) in [6.07, 6.45) is 14.2. The van der Waals surface area contributed by atoms with Crippen LogP contribution in [0.4, 0.5) is 36.1 Å². The van der Waals surface area contributed by atoms with Crippen molar-refractivity contribution in [2.45, 2.75) is 38.8 Å². The molecule has 0 aliphatic carbocycles. The summed E-state index contributed by atoms with van der Waals surface area (Å²) in [5, 5.41) is 24.3. The second kappa shape index (κ2) is 26.4. The zero-order chi connectivity index (χ0) is 51.6. The fourth-order valence-electron chi connectivity index (χ4n) is 6.99. The first-order valence-corrected chi connectivity index (χ1v) is 24.1. The van der Waals surface area contributed by atoms with Gasteiger partial charge < -0.3 is 26.4 Å². The van der Waals surface area contributed by atoms with Crippen molar-refractivity contribution in [2.75, 3.05) is 27.8 Å². The van der Waals surface area contributed by atoms with Crippen molar-refractivity contribution in [1.82, 2.24) is 29.9 Å². The number of halogens is 7. The van der Waals surface area contributed by atoms with Crippen LogP contribution in [0.1, 0.15) is 29.2 Å². The summed E-state index contributed by atoms with van der Waals surface area (Å²) in [7, 11) is 0. The maximum Gasteiger partial charge on any atom is 0.416 e. The number of alkyl halides is 3. The second-order valence-corrected chi connectivity index (χ2v) is 17.9. The first kappa shape index (κ1) is 53.5. The number of nitrogens with one attached hydrogen (secondary N) is 4. The lowest BCUT2D eigenvalue weighted by atomic mass is 10.1. The molecule has 11 nitrogen and oxygen atoms in total. The Morgan fingerprint density at radius 2 is 0.986 bits per heavy atom. The molecule has 9 rings (SSSR count). The number of aliphatic hydroxyl groups excluding tert-OH is 1. The third kappa shape index (κ3) is 16.6. The summed E-state index contributed by atoms with van der Waals surface area (Å²) < 4.78 is 39.4. The van der Waals surface area contributed by atoms with Gasteiger partial charge >= 0.3 is 6.18 Å². The Morgan fingerprint density at radius 1 is 0.493 bits per heavy atom. The highest BCUT2D eigenvalue weighted by molar-refractivity contribution is 6.36. The first-order valence-electron chi connectivity index (χ1n) is 22.6. The molecule has 6 heterocycles. The minimum Gasteiger partial charge on any atom is -0.392 e. The molecular formula is C55H47Cl4F3N10O. The van der Waals surface area contributed by atoms with E-state index in [4.69, 9.17) is 46.4 Å². The Balaban J connectivity index is 0.000000161. The van der Waals surface area contributed by atoms with Gasteiger partial charge in [0.05, 0.1) is 28.7 Å². The molecule has 372 valence electrons. The lowest BCUT2D eigenvalue weighted by Gasteiger charge is -2.14. The van der Waals surface area contributed by atoms with Crippen LogP contribution in [-0.4, -0.2) is 47.7 Å². The maximum atomic E-state index is 13.1. The summed E-state index contributed by atoms with van der Waals surface area (Å²) in [5.74, 6) is 0.725. The average molecular weight is 1060 g/mol. The quantitative estimate of drug-likeness (QED) is 0.0669. The first-order chi connectivity index (χ1) is 35.3. The molecule has 0 fully saturated rings. The molecule has 1 unspecified atom stereocenters. The van der Waals surface area contributed by atoms with Crippen LogP contribution in [0.25, 0.3) is 33.4 Å². The fraction of sp³-hybridized carbons (Fsp3) is 0.127. The number of rotatable bonds is 15. The van der Waals surface area contributed by atoms with Gasteiger partial charge in [-0.2, -0.15) is 13.2 Å². The summed E-state index contributed by atoms with van der Waals surface area (Å²) in [6.45, 7) is 3.43. The van der Waals surface area contributed by atoms with E-state index in [0.717, 1.165) is 72.8 Å². The molecule has 6 aromatic heterocycles. The van der Waals surface area contributed by atoms with Gasteiger partial charge in [0.25, 0.3) is 0 Å². The summed E-state index contributed by atoms with van der Waals surface area (Å²) in [6, 6.07) is 34.4. The molecule has 0 saturated heterocycles. The predicted molar refractivity (Wildman–Crippen MR) is 289 cm³/mol. The Hall–Kier alpha value is -7.33. The normalized spacial score (nSPS) is 11.2. The molecule has 18 heteroatoms. The zero-order valence-corrected chi connectivity index (χ0v) is 42.0. The van der Waals surface area contributed by atoms with Crippen LogP contribution in [0.2, 0.25) is 20.1 Å². The van der Waals surface area contributed by atoms with Crippen molar-refractivity contribution in [2.24, 2.45) is 0 Å². The Kier molecular flexibility index (Phi) is 19.3. The van der Waals surface area contributed by atoms with E-state index in [1.54, 1.807) is 62.7 Å². The van der Waals surface area contributed by atoms with E-state index in [-0.39, 0.29) is 17.1 Å². The van der Waals surface area contributed by atoms with Crippen molar-refractivity contribution in [3.05, 3.63) is 226 Å². The Labute approximate surface area is 440 Å². The molecular weight excluding hydrogens is 1020 g/mol. The summed E-state index contributed by atoms with van der Waals surface area (Å²) in [5.41, 5.74) is 9.73. The third-order valence-corrected chi connectivity index (χ3v) is 11.9. The molecule has 0 amide bonds. The van der Waals surface area contributed by atoms with Gasteiger partial charge in [0.15, 0.2) is 0 Å². The minimum atomic E-state index is -4.46. The average Bonchev–Trinajstić information content (AvgIpc) is 3.40. The second-order valence-electron chi connectivity index (χ2n) is 16.2. The van der Waals surface area contributed by atoms with Crippen LogP contribution < -0.4 is 21.3 Å². The van der Waals surface area contributed by atoms with Crippen LogP contribution in [0.3, 0.4) is 0 Å². The Morgan fingerprint density at radius 3 is 1.52 bits per heavy atom. The highest BCUT2D eigenvalue weighted by Crippen LogP contribution is 2.35. The molecule has 0 bridgehead atoms. The summed E-state index contributed by atoms with van der Waals surface area (Å²) >= 11 is 24.0. The van der Waals surface area contributed by atoms with Gasteiger partial charge in [-0.25, -0.2) is 4.98 Å². The number of aliphatic hydroxyl groups is 1. The van der Waals surface area contributed by atoms with Gasteiger partial charge in [-0.05, 0) is 126 Å². The molecule has 73 heavy (non-hydrogen) atoms. The van der Waals surface area contributed by atoms with E-state index >= 15 is 0 Å². The van der Waals surface area contributed by atoms with Crippen LogP contribution in [0.5, 0.6) is 0 Å². The number of hydrogen-bond acceptors (Lipinski definition) is 11. The molecule has 0 saturated carbocycles. The SMILES string of the molecule is CC(O)CNc1cc(-c2cncc(NCc3ccc(Cl)cc3)c2)ccn1.Clc1cccc(Cl)c1CNc1cncc(-c2ccncc2)c1.FC(F)(F)c1cc(Cl)ccc1CNc1cncc(-c2ccncc2)c1. The smallest absolute Gasteiger partial charge is 0.392 e. The number of aromatic nitrogens is 6. The lowest BCUT2D eigenvalue weighted by molar-refractivity contribution is -0.138. The van der Waals surface area contributed by atoms with Crippen LogP contribution in [-0.2, 0) is 25.8 Å². The Bertz CT molecular complexity index is 3160. The van der Waals surface area contributed by atoms with E-state index in [0.29, 0.717) is 35.4 Å². The number of hydrogen-bond donors (Lipinski definition) is 5. The predicted octanol–water partition coefficient (Wildman–Crippen LogP) is 14.7. The van der Waals surface area contributed by atoms with E-state index in [2.05, 4.69) is 57.2 Å². The highest BCUT2D eigenvalue weighted by atomic mass is 35.5. The maximum absolute atomic E-state index is 13.1. The monoisotopic (exact) mass is 1060 g/mol. The third-order valence-electron chi connectivity index (χ3n) is 10.7. The molecule has 5 N–H and O–H groups in total. The van der Waals surface area contributed by atoms with Gasteiger partial charge in [-0.1, -0.05) is 70.7 Å². The van der Waals surface area contributed by atoms with Crippen LogP contribution in [0, 0.1) is 0 Å². The van der Waals surface area contributed by atoms with Gasteiger partial charge in [0.1, 0.15) is 5.82 Å². The van der Waals surface area contributed by atoms with Crippen molar-refractivity contribution in [1.29, 1.82) is 0 Å². The molecule has 0 aliphatic rings. The topological polar surface area (TPSA) is 146 Å². The van der Waals surface area contributed by atoms with Gasteiger partial charge in [-0.3, -0.25) is 24.9 Å². The van der Waals surface area contributed by atoms with Crippen molar-refractivity contribution < 1.29 is 18.3 Å². The number of anilines is 4. The van der Waals surface area contributed by atoms with E-state index < -0.39 is 17.8 Å². The number of benzene rings is 3. The van der Waals surface area contributed by atoms with Crippen LogP contribution >= 0.6 is 46.4 Å². The fourth-order valence-corrected chi connectivity index (χ4v) is 7.82. The molecule has 0 radical (unpaired) electrons. The van der Waals surface area contributed by atoms with E-state index in [9.17, 15) is 18.3 Å². The largest absolute Gasteiger partial charge is 0.416 e. The molecule has 9 aromatic rings. The highest BCUT2D eigenvalue weighted by Gasteiger charge is 2.33. The molecule has 3 aromatic carbocycles. The van der Waals surface area contributed by atoms with Crippen LogP contribution in [0.15, 0.2) is 183 Å². The number of nitrogens with zero attached hydrogens (tertiary/aromatic N) is 6. The lowest BCUT2D eigenvalue weighted by Crippen LogP contribution is -2.15. The minimum absolute atomic E-state index is 0.00743. The standard InChI is InChI=1S/C20H21ClN4O.C18H13ClF3N3.C17H13Cl2N3/c1-14(26)10-25-20-9-16(6-7-23-20)17-8-19(13-22-12-17)24-11-15-2-4-18(21)5-3-15;19-15-2-1-13(17(8-15)18(20,21)22)10-25-16-7-14(9-24-11-16)12-3-5-23-6-4-12;18-16-2-1-3-17(19)15(16)11-22-14-8-13(9-21-10-14)12-4-6-20-7-5-12/h2-9,12-14,24,26H,10-11H2,1H3,(H,23,25);1-9,11,25H,10H2;1-10,22H,11H2. The van der Waals surface area contributed by atoms with Gasteiger partial charge in [0.2, 0.25) is 0 Å². The van der Waals surface area contributed by atoms with Gasteiger partial charge in [-0.15, -0.1) is 0 Å². The zero-order valence-electron chi connectivity index (χ0n) is 39.0. The van der Waals surface area contributed by atoms with Crippen molar-refractivity contribution >= 4 is 69.3 Å². The summed E-state index contributed by atoms with van der Waals surface area (Å²) in [4.78, 5) is 25.0. The molecule has 1 atom stereocenters.